The van der Waals surface area contributed by atoms with E-state index in [1.807, 2.05) is 30.3 Å². The van der Waals surface area contributed by atoms with Gasteiger partial charge in [0.1, 0.15) is 11.6 Å². The summed E-state index contributed by atoms with van der Waals surface area (Å²) in [6.07, 6.45) is 0. The molecular weight excluding hydrogens is 257 g/mol. The molecule has 0 amide bonds. The third-order valence-corrected chi connectivity index (χ3v) is 3.04. The Bertz CT molecular complexity index is 545. The van der Waals surface area contributed by atoms with E-state index in [1.165, 1.54) is 6.07 Å². The average Bonchev–Trinajstić information content (AvgIpc) is 2.49. The first-order valence-corrected chi connectivity index (χ1v) is 6.38. The summed E-state index contributed by atoms with van der Waals surface area (Å²) in [6, 6.07) is 14.3. The number of nitrogens with one attached hydrogen (secondary N) is 1. The molecule has 1 atom stereocenters. The average molecular weight is 275 g/mol. The number of ether oxygens (including phenoxy) is 2. The molecule has 0 aromatic heterocycles. The number of halogens is 1. The number of hydrogen-bond donors (Lipinski definition) is 1. The fourth-order valence-corrected chi connectivity index (χ4v) is 2.00. The second-order valence-electron chi connectivity index (χ2n) is 4.41. The van der Waals surface area contributed by atoms with Gasteiger partial charge in [-0.1, -0.05) is 30.3 Å². The van der Waals surface area contributed by atoms with Crippen LogP contribution in [0.2, 0.25) is 0 Å². The van der Waals surface area contributed by atoms with Gasteiger partial charge in [-0.15, -0.1) is 0 Å². The van der Waals surface area contributed by atoms with Crippen molar-refractivity contribution >= 4 is 5.69 Å². The third-order valence-electron chi connectivity index (χ3n) is 3.04. The second kappa shape index (κ2) is 6.91. The molecule has 0 bridgehead atoms. The van der Waals surface area contributed by atoms with E-state index in [0.717, 1.165) is 5.56 Å². The summed E-state index contributed by atoms with van der Waals surface area (Å²) >= 11 is 0. The highest BCUT2D eigenvalue weighted by atomic mass is 19.1. The molecule has 106 valence electrons. The molecule has 2 rings (SSSR count). The number of anilines is 1. The van der Waals surface area contributed by atoms with Gasteiger partial charge in [0.05, 0.1) is 25.4 Å². The Kier molecular flexibility index (Phi) is 4.96. The lowest BCUT2D eigenvalue weighted by Gasteiger charge is -2.20. The van der Waals surface area contributed by atoms with Gasteiger partial charge in [0, 0.05) is 13.2 Å². The van der Waals surface area contributed by atoms with E-state index in [1.54, 1.807) is 26.4 Å². The van der Waals surface area contributed by atoms with Crippen LogP contribution in [0.1, 0.15) is 11.6 Å². The zero-order chi connectivity index (χ0) is 14.4. The van der Waals surface area contributed by atoms with Crippen LogP contribution in [-0.4, -0.2) is 20.8 Å². The minimum atomic E-state index is -0.317. The molecule has 0 fully saturated rings. The van der Waals surface area contributed by atoms with Crippen molar-refractivity contribution < 1.29 is 13.9 Å². The zero-order valence-corrected chi connectivity index (χ0v) is 11.6. The van der Waals surface area contributed by atoms with Gasteiger partial charge in [0.25, 0.3) is 0 Å². The molecule has 0 spiro atoms. The monoisotopic (exact) mass is 275 g/mol. The molecule has 20 heavy (non-hydrogen) atoms. The van der Waals surface area contributed by atoms with Crippen LogP contribution in [0.15, 0.2) is 48.5 Å². The summed E-state index contributed by atoms with van der Waals surface area (Å²) in [6.45, 7) is 0.445. The number of benzene rings is 2. The summed E-state index contributed by atoms with van der Waals surface area (Å²) in [7, 11) is 3.18. The van der Waals surface area contributed by atoms with Crippen LogP contribution >= 0.6 is 0 Å². The molecule has 1 N–H and O–H groups in total. The van der Waals surface area contributed by atoms with Crippen LogP contribution in [0.4, 0.5) is 10.1 Å². The molecule has 0 aliphatic heterocycles. The number of rotatable bonds is 6. The fourth-order valence-electron chi connectivity index (χ4n) is 2.00. The van der Waals surface area contributed by atoms with E-state index < -0.39 is 0 Å². The first kappa shape index (κ1) is 14.3. The van der Waals surface area contributed by atoms with Gasteiger partial charge in [-0.25, -0.2) is 4.39 Å². The molecule has 1 unspecified atom stereocenters. The maximum absolute atomic E-state index is 13.9. The van der Waals surface area contributed by atoms with Crippen LogP contribution in [0.3, 0.4) is 0 Å². The lowest BCUT2D eigenvalue weighted by molar-refractivity contribution is 0.186. The van der Waals surface area contributed by atoms with Crippen molar-refractivity contribution in [3.8, 4) is 5.75 Å². The minimum absolute atomic E-state index is 0.122. The second-order valence-corrected chi connectivity index (χ2v) is 4.41. The lowest BCUT2D eigenvalue weighted by Crippen LogP contribution is -2.17. The van der Waals surface area contributed by atoms with Gasteiger partial charge in [0.15, 0.2) is 0 Å². The molecule has 0 aliphatic rings. The molecule has 4 heteroatoms. The van der Waals surface area contributed by atoms with Crippen molar-refractivity contribution in [2.75, 3.05) is 26.1 Å². The minimum Gasteiger partial charge on any atom is -0.497 e. The van der Waals surface area contributed by atoms with E-state index in [-0.39, 0.29) is 11.9 Å². The Morgan fingerprint density at radius 2 is 1.85 bits per heavy atom. The highest BCUT2D eigenvalue weighted by Gasteiger charge is 2.13. The van der Waals surface area contributed by atoms with Crippen molar-refractivity contribution in [3.63, 3.8) is 0 Å². The van der Waals surface area contributed by atoms with E-state index in [0.29, 0.717) is 18.0 Å². The summed E-state index contributed by atoms with van der Waals surface area (Å²) in [5.74, 6) is 0.293. The maximum Gasteiger partial charge on any atom is 0.146 e. The smallest absolute Gasteiger partial charge is 0.146 e. The first-order chi connectivity index (χ1) is 9.74. The summed E-state index contributed by atoms with van der Waals surface area (Å²) < 4.78 is 24.2. The molecule has 0 saturated heterocycles. The van der Waals surface area contributed by atoms with Crippen LogP contribution in [0.25, 0.3) is 0 Å². The molecular formula is C16H18FNO2. The topological polar surface area (TPSA) is 30.5 Å². The molecule has 3 nitrogen and oxygen atoms in total. The Morgan fingerprint density at radius 1 is 1.10 bits per heavy atom. The number of methoxy groups -OCH3 is 2. The van der Waals surface area contributed by atoms with Crippen molar-refractivity contribution in [1.29, 1.82) is 0 Å². The van der Waals surface area contributed by atoms with E-state index >= 15 is 0 Å². The Labute approximate surface area is 118 Å². The highest BCUT2D eigenvalue weighted by Crippen LogP contribution is 2.26. The quantitative estimate of drug-likeness (QED) is 0.873. The largest absolute Gasteiger partial charge is 0.497 e. The van der Waals surface area contributed by atoms with Gasteiger partial charge in [-0.2, -0.15) is 0 Å². The maximum atomic E-state index is 13.9. The predicted molar refractivity (Wildman–Crippen MR) is 77.6 cm³/mol. The van der Waals surface area contributed by atoms with Crippen molar-refractivity contribution in [2.45, 2.75) is 6.04 Å². The Hall–Kier alpha value is -2.07. The third kappa shape index (κ3) is 3.48. The zero-order valence-electron chi connectivity index (χ0n) is 11.6. The van der Waals surface area contributed by atoms with Crippen molar-refractivity contribution in [3.05, 3.63) is 59.9 Å². The van der Waals surface area contributed by atoms with Gasteiger partial charge in [-0.05, 0) is 17.7 Å². The molecule has 2 aromatic rings. The van der Waals surface area contributed by atoms with Gasteiger partial charge in [0.2, 0.25) is 0 Å². The molecule has 0 aliphatic carbocycles. The van der Waals surface area contributed by atoms with Gasteiger partial charge in [-0.3, -0.25) is 0 Å². The Morgan fingerprint density at radius 3 is 2.50 bits per heavy atom. The molecule has 0 heterocycles. The predicted octanol–water partition coefficient (Wildman–Crippen LogP) is 3.63. The van der Waals surface area contributed by atoms with Gasteiger partial charge < -0.3 is 14.8 Å². The summed E-state index contributed by atoms with van der Waals surface area (Å²) in [4.78, 5) is 0. The van der Waals surface area contributed by atoms with Crippen molar-refractivity contribution in [2.24, 2.45) is 0 Å². The Balaban J connectivity index is 2.24. The van der Waals surface area contributed by atoms with E-state index in [9.17, 15) is 4.39 Å². The molecule has 0 radical (unpaired) electrons. The van der Waals surface area contributed by atoms with E-state index in [2.05, 4.69) is 5.32 Å². The summed E-state index contributed by atoms with van der Waals surface area (Å²) in [5, 5.41) is 3.16. The van der Waals surface area contributed by atoms with E-state index in [4.69, 9.17) is 9.47 Å². The summed E-state index contributed by atoms with van der Waals surface area (Å²) in [5.41, 5.74) is 1.44. The van der Waals surface area contributed by atoms with Crippen molar-refractivity contribution in [1.82, 2.24) is 0 Å². The van der Waals surface area contributed by atoms with Crippen LogP contribution in [0, 0.1) is 5.82 Å². The lowest BCUT2D eigenvalue weighted by atomic mass is 10.1. The van der Waals surface area contributed by atoms with Gasteiger partial charge >= 0.3 is 0 Å². The van der Waals surface area contributed by atoms with Crippen LogP contribution in [0.5, 0.6) is 5.75 Å². The highest BCUT2D eigenvalue weighted by molar-refractivity contribution is 5.51. The first-order valence-electron chi connectivity index (χ1n) is 6.38. The number of hydrogen-bond acceptors (Lipinski definition) is 3. The SMILES string of the molecule is COCC(Nc1cc(OC)ccc1F)c1ccccc1. The molecule has 2 aromatic carbocycles. The normalized spacial score (nSPS) is 11.9. The standard InChI is InChI=1S/C16H18FNO2/c1-19-11-16(12-6-4-3-5-7-12)18-15-10-13(20-2)8-9-14(15)17/h3-10,16,18H,11H2,1-2H3. The van der Waals surface area contributed by atoms with Crippen LogP contribution in [-0.2, 0) is 4.74 Å². The molecule has 0 saturated carbocycles. The fraction of sp³-hybridized carbons (Fsp3) is 0.250. The van der Waals surface area contributed by atoms with Crippen LogP contribution < -0.4 is 10.1 Å².